The Bertz CT molecular complexity index is 1260. The summed E-state index contributed by atoms with van der Waals surface area (Å²) >= 11 is 0. The summed E-state index contributed by atoms with van der Waals surface area (Å²) in [4.78, 5) is 12.5. The third-order valence-electron chi connectivity index (χ3n) is 5.99. The molecule has 4 unspecified atom stereocenters. The number of para-hydroxylation sites is 1. The van der Waals surface area contributed by atoms with E-state index < -0.39 is 13.1 Å². The number of nitrogen functional groups attached to an aromatic ring is 1. The van der Waals surface area contributed by atoms with E-state index in [1.54, 1.807) is 18.5 Å². The van der Waals surface area contributed by atoms with Crippen molar-refractivity contribution in [1.29, 1.82) is 0 Å². The van der Waals surface area contributed by atoms with Gasteiger partial charge in [-0.15, -0.1) is 0 Å². The molecule has 11 heteroatoms. The lowest BCUT2D eigenvalue weighted by molar-refractivity contribution is 0.0793. The van der Waals surface area contributed by atoms with Gasteiger partial charge in [0.2, 0.25) is 0 Å². The molecule has 36 heavy (non-hydrogen) atoms. The van der Waals surface area contributed by atoms with Gasteiger partial charge in [-0.2, -0.15) is 0 Å². The zero-order chi connectivity index (χ0) is 25.6. The zero-order valence-corrected chi connectivity index (χ0v) is 21.7. The second-order valence-corrected chi connectivity index (χ2v) is 10.9. The Morgan fingerprint density at radius 3 is 2.81 bits per heavy atom. The maximum atomic E-state index is 14.2. The van der Waals surface area contributed by atoms with Crippen molar-refractivity contribution in [2.45, 2.75) is 39.0 Å². The average Bonchev–Trinajstić information content (AvgIpc) is 3.27. The molecule has 1 aromatic carbocycles. The maximum Gasteiger partial charge on any atom is 0.342 e. The summed E-state index contributed by atoms with van der Waals surface area (Å²) in [5.41, 5.74) is 6.39. The Morgan fingerprint density at radius 1 is 1.22 bits per heavy atom. The normalized spacial score (nSPS) is 21.9. The number of fused-ring (bicyclic) bond motifs is 1. The van der Waals surface area contributed by atoms with Crippen molar-refractivity contribution in [2.24, 2.45) is 5.92 Å². The quantitative estimate of drug-likeness (QED) is 0.344. The van der Waals surface area contributed by atoms with Gasteiger partial charge in [0.15, 0.2) is 11.5 Å². The molecule has 192 valence electrons. The van der Waals surface area contributed by atoms with Crippen LogP contribution in [0.3, 0.4) is 0 Å². The first kappa shape index (κ1) is 26.0. The first-order valence-corrected chi connectivity index (χ1v) is 13.7. The lowest BCUT2D eigenvalue weighted by Gasteiger charge is -2.38. The molecule has 0 fully saturated rings. The van der Waals surface area contributed by atoms with E-state index in [4.69, 9.17) is 19.7 Å². The van der Waals surface area contributed by atoms with E-state index >= 15 is 0 Å². The van der Waals surface area contributed by atoms with Crippen LogP contribution in [0, 0.1) is 5.92 Å². The SMILES string of the molecule is CCOCC1C=CC=CC1(C)NP(=O)(COC(C)Cn1cnc2c(N)ncnc21)Oc1ccccc1. The van der Waals surface area contributed by atoms with E-state index in [2.05, 4.69) is 26.1 Å². The van der Waals surface area contributed by atoms with Gasteiger partial charge < -0.3 is 24.3 Å². The van der Waals surface area contributed by atoms with Crippen molar-refractivity contribution >= 4 is 24.5 Å². The zero-order valence-electron chi connectivity index (χ0n) is 20.8. The number of ether oxygens (including phenoxy) is 2. The minimum Gasteiger partial charge on any atom is -0.431 e. The first-order valence-electron chi connectivity index (χ1n) is 11.9. The van der Waals surface area contributed by atoms with E-state index in [-0.39, 0.29) is 18.4 Å². The smallest absolute Gasteiger partial charge is 0.342 e. The molecule has 3 aromatic rings. The Labute approximate surface area is 211 Å². The van der Waals surface area contributed by atoms with Crippen molar-refractivity contribution in [2.75, 3.05) is 25.3 Å². The van der Waals surface area contributed by atoms with Gasteiger partial charge in [0.1, 0.15) is 23.9 Å². The number of nitrogens with two attached hydrogens (primary N) is 1. The maximum absolute atomic E-state index is 14.2. The molecule has 0 saturated carbocycles. The molecule has 2 heterocycles. The average molecular weight is 513 g/mol. The number of nitrogens with one attached hydrogen (secondary N) is 1. The van der Waals surface area contributed by atoms with Gasteiger partial charge in [-0.25, -0.2) is 20.0 Å². The topological polar surface area (TPSA) is 126 Å². The molecule has 0 radical (unpaired) electrons. The van der Waals surface area contributed by atoms with Crippen LogP contribution >= 0.6 is 7.52 Å². The summed E-state index contributed by atoms with van der Waals surface area (Å²) in [6, 6.07) is 9.10. The number of benzene rings is 1. The van der Waals surface area contributed by atoms with Crippen LogP contribution in [0.2, 0.25) is 0 Å². The number of rotatable bonds is 12. The van der Waals surface area contributed by atoms with Gasteiger partial charge in [0.05, 0.1) is 31.1 Å². The Hall–Kier alpha value is -3.04. The summed E-state index contributed by atoms with van der Waals surface area (Å²) in [5.74, 6) is 0.786. The van der Waals surface area contributed by atoms with Crippen molar-refractivity contribution in [3.63, 3.8) is 0 Å². The van der Waals surface area contributed by atoms with Crippen LogP contribution in [0.5, 0.6) is 5.75 Å². The van der Waals surface area contributed by atoms with Crippen molar-refractivity contribution in [3.8, 4) is 5.75 Å². The molecular formula is C25H33N6O4P. The highest BCUT2D eigenvalue weighted by Gasteiger charge is 2.40. The first-order chi connectivity index (χ1) is 17.3. The fourth-order valence-electron chi connectivity index (χ4n) is 4.06. The van der Waals surface area contributed by atoms with Gasteiger partial charge in [-0.05, 0) is 32.9 Å². The standard InChI is InChI=1S/C25H33N6O4P/c1-4-33-15-20-10-8-9-13-25(20,3)30-36(32,35-21-11-6-5-7-12-21)18-34-19(2)14-31-17-29-22-23(26)27-16-28-24(22)31/h5-13,16-17,19-20H,4,14-15,18H2,1-3H3,(H,30,32)(H2,26,27,28). The number of aromatic nitrogens is 4. The highest BCUT2D eigenvalue weighted by molar-refractivity contribution is 7.57. The van der Waals surface area contributed by atoms with E-state index in [9.17, 15) is 4.57 Å². The number of imidazole rings is 1. The van der Waals surface area contributed by atoms with Crippen molar-refractivity contribution in [1.82, 2.24) is 24.6 Å². The number of anilines is 1. The molecule has 0 bridgehead atoms. The number of allylic oxidation sites excluding steroid dienone is 2. The van der Waals surface area contributed by atoms with Crippen molar-refractivity contribution < 1.29 is 18.6 Å². The van der Waals surface area contributed by atoms with Crippen LogP contribution in [-0.2, 0) is 20.6 Å². The number of nitrogens with zero attached hydrogens (tertiary/aromatic N) is 4. The Balaban J connectivity index is 1.50. The fourth-order valence-corrected chi connectivity index (χ4v) is 6.11. The molecular weight excluding hydrogens is 479 g/mol. The van der Waals surface area contributed by atoms with E-state index in [0.29, 0.717) is 42.5 Å². The molecule has 2 aromatic heterocycles. The van der Waals surface area contributed by atoms with Crippen LogP contribution in [0.1, 0.15) is 20.8 Å². The van der Waals surface area contributed by atoms with Gasteiger partial charge in [-0.1, -0.05) is 42.5 Å². The summed E-state index contributed by atoms with van der Waals surface area (Å²) in [5, 5.41) is 3.30. The fraction of sp³-hybridized carbons (Fsp3) is 0.400. The van der Waals surface area contributed by atoms with E-state index in [0.717, 1.165) is 0 Å². The van der Waals surface area contributed by atoms with Gasteiger partial charge in [0, 0.05) is 12.5 Å². The Kier molecular flexibility index (Phi) is 8.21. The molecule has 1 aliphatic carbocycles. The molecule has 1 aliphatic rings. The molecule has 4 rings (SSSR count). The largest absolute Gasteiger partial charge is 0.431 e. The second-order valence-electron chi connectivity index (χ2n) is 8.92. The monoisotopic (exact) mass is 512 g/mol. The molecule has 4 atom stereocenters. The van der Waals surface area contributed by atoms with Crippen LogP contribution in [-0.4, -0.2) is 50.7 Å². The van der Waals surface area contributed by atoms with Gasteiger partial charge >= 0.3 is 7.52 Å². The molecule has 3 N–H and O–H groups in total. The predicted molar refractivity (Wildman–Crippen MR) is 140 cm³/mol. The minimum atomic E-state index is -3.53. The molecule has 0 aliphatic heterocycles. The molecule has 0 spiro atoms. The summed E-state index contributed by atoms with van der Waals surface area (Å²) in [7, 11) is -3.53. The lowest BCUT2D eigenvalue weighted by Crippen LogP contribution is -2.48. The van der Waals surface area contributed by atoms with Crippen LogP contribution in [0.15, 0.2) is 67.3 Å². The van der Waals surface area contributed by atoms with Crippen LogP contribution in [0.4, 0.5) is 5.82 Å². The van der Waals surface area contributed by atoms with Crippen molar-refractivity contribution in [3.05, 3.63) is 67.3 Å². The van der Waals surface area contributed by atoms with Crippen LogP contribution < -0.4 is 15.3 Å². The van der Waals surface area contributed by atoms with E-state index in [1.807, 2.05) is 61.8 Å². The highest BCUT2D eigenvalue weighted by Crippen LogP contribution is 2.47. The Morgan fingerprint density at radius 2 is 2.03 bits per heavy atom. The minimum absolute atomic E-state index is 0.0324. The lowest BCUT2D eigenvalue weighted by atomic mass is 9.84. The second kappa shape index (κ2) is 11.3. The predicted octanol–water partition coefficient (Wildman–Crippen LogP) is 4.17. The van der Waals surface area contributed by atoms with Gasteiger partial charge in [0.25, 0.3) is 0 Å². The van der Waals surface area contributed by atoms with Gasteiger partial charge in [-0.3, -0.25) is 4.57 Å². The van der Waals surface area contributed by atoms with Crippen LogP contribution in [0.25, 0.3) is 11.2 Å². The number of hydrogen-bond acceptors (Lipinski definition) is 8. The summed E-state index contributed by atoms with van der Waals surface area (Å²) in [6.45, 7) is 7.36. The molecule has 0 amide bonds. The van der Waals surface area contributed by atoms with E-state index in [1.165, 1.54) is 6.33 Å². The highest BCUT2D eigenvalue weighted by atomic mass is 31.2. The molecule has 10 nitrogen and oxygen atoms in total. The summed E-state index contributed by atoms with van der Waals surface area (Å²) < 4.78 is 33.9. The summed E-state index contributed by atoms with van der Waals surface area (Å²) in [6.07, 6.45) is 10.5. The number of hydrogen-bond donors (Lipinski definition) is 2. The molecule has 0 saturated heterocycles. The third-order valence-corrected chi connectivity index (χ3v) is 7.81. The third kappa shape index (κ3) is 6.20.